The summed E-state index contributed by atoms with van der Waals surface area (Å²) in [5.74, 6) is 0.166. The third-order valence-corrected chi connectivity index (χ3v) is 2.35. The van der Waals surface area contributed by atoms with Crippen LogP contribution in [0, 0.1) is 0 Å². The number of carbonyl (C=O) groups is 1. The van der Waals surface area contributed by atoms with E-state index >= 15 is 0 Å². The Morgan fingerprint density at radius 2 is 1.94 bits per heavy atom. The largest absolute Gasteiger partial charge is 0.497 e. The van der Waals surface area contributed by atoms with Crippen molar-refractivity contribution in [1.82, 2.24) is 0 Å². The van der Waals surface area contributed by atoms with Gasteiger partial charge in [-0.25, -0.2) is 4.79 Å². The van der Waals surface area contributed by atoms with E-state index in [0.717, 1.165) is 11.3 Å². The predicted molar refractivity (Wildman–Crippen MR) is 62.6 cm³/mol. The lowest BCUT2D eigenvalue weighted by Gasteiger charge is -2.04. The maximum Gasteiger partial charge on any atom is 0.355 e. The van der Waals surface area contributed by atoms with Crippen molar-refractivity contribution in [1.29, 1.82) is 0 Å². The van der Waals surface area contributed by atoms with Crippen LogP contribution >= 0.6 is 0 Å². The molecule has 0 heterocycles. The molecule has 0 amide bonds. The molecule has 0 aliphatic carbocycles. The number of methoxy groups -OCH3 is 2. The van der Waals surface area contributed by atoms with E-state index < -0.39 is 5.97 Å². The number of rotatable bonds is 5. The van der Waals surface area contributed by atoms with Crippen molar-refractivity contribution in [2.24, 2.45) is 5.16 Å². The highest BCUT2D eigenvalue weighted by molar-refractivity contribution is 6.36. The third kappa shape index (κ3) is 3.79. The number of nitrogens with zero attached hydrogens (tertiary/aromatic N) is 1. The summed E-state index contributed by atoms with van der Waals surface area (Å²) in [6.45, 7) is 0. The van der Waals surface area contributed by atoms with Crippen molar-refractivity contribution < 1.29 is 19.5 Å². The van der Waals surface area contributed by atoms with E-state index in [-0.39, 0.29) is 5.71 Å². The highest BCUT2D eigenvalue weighted by atomic mass is 16.5. The molecule has 0 bridgehead atoms. The molecule has 0 aliphatic heterocycles. The van der Waals surface area contributed by atoms with Gasteiger partial charge in [-0.3, -0.25) is 0 Å². The van der Waals surface area contributed by atoms with Crippen LogP contribution in [0.2, 0.25) is 0 Å². The zero-order valence-electron chi connectivity index (χ0n) is 9.84. The molecule has 5 nitrogen and oxygen atoms in total. The quantitative estimate of drug-likeness (QED) is 0.366. The van der Waals surface area contributed by atoms with Crippen LogP contribution in [0.4, 0.5) is 0 Å². The Bertz CT molecular complexity index is 397. The lowest BCUT2D eigenvalue weighted by atomic mass is 10.1. The van der Waals surface area contributed by atoms with Crippen LogP contribution in [0.25, 0.3) is 0 Å². The van der Waals surface area contributed by atoms with Crippen molar-refractivity contribution in [2.45, 2.75) is 12.8 Å². The van der Waals surface area contributed by atoms with Gasteiger partial charge >= 0.3 is 5.97 Å². The zero-order valence-corrected chi connectivity index (χ0v) is 9.84. The molecule has 0 saturated heterocycles. The van der Waals surface area contributed by atoms with Crippen molar-refractivity contribution in [2.75, 3.05) is 14.2 Å². The van der Waals surface area contributed by atoms with Gasteiger partial charge in [0.2, 0.25) is 0 Å². The van der Waals surface area contributed by atoms with Crippen LogP contribution in [-0.2, 0) is 16.0 Å². The van der Waals surface area contributed by atoms with Crippen molar-refractivity contribution >= 4 is 11.7 Å². The third-order valence-electron chi connectivity index (χ3n) is 2.35. The molecule has 0 saturated carbocycles. The van der Waals surface area contributed by atoms with Gasteiger partial charge in [0.25, 0.3) is 0 Å². The molecule has 0 spiro atoms. The van der Waals surface area contributed by atoms with Crippen LogP contribution in [0.5, 0.6) is 5.75 Å². The van der Waals surface area contributed by atoms with Gasteiger partial charge < -0.3 is 14.7 Å². The standard InChI is InChI=1S/C12H15NO4/c1-16-10-6-3-9(4-7-10)5-8-11(13-15)12(14)17-2/h3-4,6-7,15H,5,8H2,1-2H3. The first-order valence-electron chi connectivity index (χ1n) is 5.13. The monoisotopic (exact) mass is 237 g/mol. The Kier molecular flexibility index (Phi) is 5.00. The second-order valence-corrected chi connectivity index (χ2v) is 3.39. The lowest BCUT2D eigenvalue weighted by Crippen LogP contribution is -2.16. The summed E-state index contributed by atoms with van der Waals surface area (Å²) in [6.07, 6.45) is 0.925. The van der Waals surface area contributed by atoms with Gasteiger partial charge in [-0.1, -0.05) is 17.3 Å². The molecular formula is C12H15NO4. The summed E-state index contributed by atoms with van der Waals surface area (Å²) < 4.78 is 9.51. The van der Waals surface area contributed by atoms with E-state index in [4.69, 9.17) is 9.94 Å². The van der Waals surface area contributed by atoms with Gasteiger partial charge in [-0.05, 0) is 24.1 Å². The van der Waals surface area contributed by atoms with Gasteiger partial charge in [-0.15, -0.1) is 0 Å². The Hall–Kier alpha value is -2.04. The van der Waals surface area contributed by atoms with E-state index in [2.05, 4.69) is 9.89 Å². The van der Waals surface area contributed by atoms with E-state index in [1.807, 2.05) is 24.3 Å². The number of hydrogen-bond donors (Lipinski definition) is 1. The molecule has 1 aromatic carbocycles. The summed E-state index contributed by atoms with van der Waals surface area (Å²) in [5, 5.41) is 11.6. The van der Waals surface area contributed by atoms with Crippen LogP contribution in [0.15, 0.2) is 29.4 Å². The summed E-state index contributed by atoms with van der Waals surface area (Å²) in [4.78, 5) is 11.1. The number of hydrogen-bond acceptors (Lipinski definition) is 5. The first kappa shape index (κ1) is 13.0. The van der Waals surface area contributed by atoms with Gasteiger partial charge in [0.05, 0.1) is 14.2 Å². The maximum atomic E-state index is 11.1. The van der Waals surface area contributed by atoms with Crippen molar-refractivity contribution in [3.63, 3.8) is 0 Å². The molecular weight excluding hydrogens is 222 g/mol. The molecule has 92 valence electrons. The highest BCUT2D eigenvalue weighted by Gasteiger charge is 2.12. The summed E-state index contributed by atoms with van der Waals surface area (Å²) >= 11 is 0. The molecule has 0 radical (unpaired) electrons. The molecule has 0 fully saturated rings. The topological polar surface area (TPSA) is 68.1 Å². The van der Waals surface area contributed by atoms with Crippen LogP contribution < -0.4 is 4.74 Å². The maximum absolute atomic E-state index is 11.1. The van der Waals surface area contributed by atoms with Gasteiger partial charge in [0.1, 0.15) is 5.75 Å². The minimum Gasteiger partial charge on any atom is -0.497 e. The normalized spacial score (nSPS) is 11.1. The number of aryl methyl sites for hydroxylation is 1. The Balaban J connectivity index is 2.57. The smallest absolute Gasteiger partial charge is 0.355 e. The first-order chi connectivity index (χ1) is 8.21. The molecule has 17 heavy (non-hydrogen) atoms. The fraction of sp³-hybridized carbons (Fsp3) is 0.333. The molecule has 1 aromatic rings. The van der Waals surface area contributed by atoms with E-state index in [0.29, 0.717) is 12.8 Å². The number of oxime groups is 1. The number of esters is 1. The van der Waals surface area contributed by atoms with Gasteiger partial charge in [0, 0.05) is 6.42 Å². The SMILES string of the molecule is COC(=O)C(CCc1ccc(OC)cc1)=NO. The lowest BCUT2D eigenvalue weighted by molar-refractivity contribution is -0.133. The highest BCUT2D eigenvalue weighted by Crippen LogP contribution is 2.12. The number of ether oxygens (including phenoxy) is 2. The van der Waals surface area contributed by atoms with E-state index in [1.54, 1.807) is 7.11 Å². The minimum absolute atomic E-state index is 0.0170. The van der Waals surface area contributed by atoms with Crippen LogP contribution in [0.1, 0.15) is 12.0 Å². The second-order valence-electron chi connectivity index (χ2n) is 3.39. The first-order valence-corrected chi connectivity index (χ1v) is 5.13. The predicted octanol–water partition coefficient (Wildman–Crippen LogP) is 1.63. The van der Waals surface area contributed by atoms with Gasteiger partial charge in [-0.2, -0.15) is 0 Å². The minimum atomic E-state index is -0.610. The van der Waals surface area contributed by atoms with Gasteiger partial charge in [0.15, 0.2) is 5.71 Å². The molecule has 1 N–H and O–H groups in total. The Morgan fingerprint density at radius 1 is 1.29 bits per heavy atom. The average molecular weight is 237 g/mol. The molecule has 0 unspecified atom stereocenters. The summed E-state index contributed by atoms with van der Waals surface area (Å²) in [7, 11) is 2.85. The number of carbonyl (C=O) groups excluding carboxylic acids is 1. The molecule has 5 heteroatoms. The van der Waals surface area contributed by atoms with Crippen LogP contribution in [0.3, 0.4) is 0 Å². The Morgan fingerprint density at radius 3 is 2.41 bits per heavy atom. The molecule has 0 aromatic heterocycles. The fourth-order valence-electron chi connectivity index (χ4n) is 1.37. The zero-order chi connectivity index (χ0) is 12.7. The molecule has 0 atom stereocenters. The fourth-order valence-corrected chi connectivity index (χ4v) is 1.37. The van der Waals surface area contributed by atoms with E-state index in [1.165, 1.54) is 7.11 Å². The average Bonchev–Trinajstić information content (AvgIpc) is 2.39. The Labute approximate surface area is 99.7 Å². The van der Waals surface area contributed by atoms with Crippen LogP contribution in [-0.4, -0.2) is 31.1 Å². The van der Waals surface area contributed by atoms with Crippen molar-refractivity contribution in [3.8, 4) is 5.75 Å². The molecule has 0 aliphatic rings. The molecule has 1 rings (SSSR count). The van der Waals surface area contributed by atoms with E-state index in [9.17, 15) is 4.79 Å². The number of benzene rings is 1. The summed E-state index contributed by atoms with van der Waals surface area (Å²) in [6, 6.07) is 7.46. The second kappa shape index (κ2) is 6.52. The summed E-state index contributed by atoms with van der Waals surface area (Å²) in [5.41, 5.74) is 1.04. The van der Waals surface area contributed by atoms with Crippen molar-refractivity contribution in [3.05, 3.63) is 29.8 Å².